The maximum atomic E-state index is 12.9. The van der Waals surface area contributed by atoms with Gasteiger partial charge in [0.15, 0.2) is 6.10 Å². The van der Waals surface area contributed by atoms with Gasteiger partial charge in [0, 0.05) is 19.3 Å². The zero-order valence-corrected chi connectivity index (χ0v) is 48.8. The van der Waals surface area contributed by atoms with E-state index in [0.717, 1.165) is 141 Å². The van der Waals surface area contributed by atoms with Crippen LogP contribution in [0.5, 0.6) is 0 Å². The quantitative estimate of drug-likeness (QED) is 0.0197. The SMILES string of the molecule is CC/C=C\C/C=C\C/C=C\C/C=C\CCCCCCC(=O)OCC(COP(=O)(O)OCC(CO)OC(=O)CCCCCCC/C=C\C/C=C\C/C=C\CC)OC(=O)CCCCCCCCC/C=C\C/C=C\CCCCC. The van der Waals surface area contributed by atoms with E-state index in [4.69, 9.17) is 23.3 Å². The highest BCUT2D eigenvalue weighted by Gasteiger charge is 2.28. The molecule has 12 heteroatoms. The van der Waals surface area contributed by atoms with Crippen molar-refractivity contribution in [2.75, 3.05) is 26.4 Å². The summed E-state index contributed by atoms with van der Waals surface area (Å²) in [6.07, 6.45) is 68.9. The smallest absolute Gasteiger partial charge is 0.462 e. The first-order chi connectivity index (χ1) is 37.2. The van der Waals surface area contributed by atoms with Gasteiger partial charge >= 0.3 is 25.7 Å². The number of allylic oxidation sites excluding steroid dienone is 18. The molecule has 76 heavy (non-hydrogen) atoms. The topological polar surface area (TPSA) is 155 Å². The molecule has 0 aliphatic heterocycles. The van der Waals surface area contributed by atoms with Crippen LogP contribution in [-0.4, -0.2) is 66.5 Å². The van der Waals surface area contributed by atoms with Crippen LogP contribution in [0.25, 0.3) is 0 Å². The first-order valence-electron chi connectivity index (χ1n) is 29.8. The molecule has 0 rings (SSSR count). The van der Waals surface area contributed by atoms with Crippen LogP contribution in [0.2, 0.25) is 0 Å². The number of aliphatic hydroxyl groups excluding tert-OH is 1. The fourth-order valence-corrected chi connectivity index (χ4v) is 8.47. The number of ether oxygens (including phenoxy) is 3. The highest BCUT2D eigenvalue weighted by molar-refractivity contribution is 7.47. The lowest BCUT2D eigenvalue weighted by Gasteiger charge is -2.21. The number of phosphoric ester groups is 1. The van der Waals surface area contributed by atoms with Crippen molar-refractivity contribution in [1.29, 1.82) is 0 Å². The average molecular weight is 1080 g/mol. The third-order valence-electron chi connectivity index (χ3n) is 12.2. The van der Waals surface area contributed by atoms with E-state index in [1.807, 2.05) is 0 Å². The van der Waals surface area contributed by atoms with Gasteiger partial charge in [-0.1, -0.05) is 207 Å². The van der Waals surface area contributed by atoms with Crippen molar-refractivity contribution in [3.8, 4) is 0 Å². The van der Waals surface area contributed by atoms with E-state index in [1.165, 1.54) is 38.5 Å². The van der Waals surface area contributed by atoms with Crippen LogP contribution in [0.1, 0.15) is 239 Å². The van der Waals surface area contributed by atoms with Crippen LogP contribution >= 0.6 is 7.82 Å². The molecule has 0 fully saturated rings. The molecule has 11 nitrogen and oxygen atoms in total. The lowest BCUT2D eigenvalue weighted by atomic mass is 10.1. The summed E-state index contributed by atoms with van der Waals surface area (Å²) in [5.74, 6) is -1.52. The molecule has 0 aromatic carbocycles. The molecule has 0 aromatic rings. The number of esters is 3. The first kappa shape index (κ1) is 72.1. The Morgan fingerprint density at radius 2 is 0.684 bits per heavy atom. The molecule has 0 radical (unpaired) electrons. The fraction of sp³-hybridized carbons (Fsp3) is 0.672. The molecule has 2 N–H and O–H groups in total. The summed E-state index contributed by atoms with van der Waals surface area (Å²) in [5.41, 5.74) is 0. The van der Waals surface area contributed by atoms with Crippen molar-refractivity contribution >= 4 is 25.7 Å². The second-order valence-electron chi connectivity index (χ2n) is 19.4. The van der Waals surface area contributed by atoms with Crippen molar-refractivity contribution in [2.45, 2.75) is 251 Å². The van der Waals surface area contributed by atoms with Crippen molar-refractivity contribution < 1.29 is 52.2 Å². The Bertz CT molecular complexity index is 1690. The highest BCUT2D eigenvalue weighted by atomic mass is 31.2. The fourth-order valence-electron chi connectivity index (χ4n) is 7.69. The molecule has 0 aliphatic rings. The minimum atomic E-state index is -4.77. The van der Waals surface area contributed by atoms with Gasteiger partial charge in [-0.3, -0.25) is 23.4 Å². The van der Waals surface area contributed by atoms with Crippen LogP contribution in [0.3, 0.4) is 0 Å². The first-order valence-corrected chi connectivity index (χ1v) is 31.3. The Kier molecular flexibility index (Phi) is 54.4. The number of carbonyl (C=O) groups excluding carboxylic acids is 3. The normalized spacial score (nSPS) is 14.1. The van der Waals surface area contributed by atoms with Crippen LogP contribution in [0.15, 0.2) is 109 Å². The third kappa shape index (κ3) is 54.9. The minimum absolute atomic E-state index is 0.147. The summed E-state index contributed by atoms with van der Waals surface area (Å²) in [5, 5.41) is 9.82. The lowest BCUT2D eigenvalue weighted by molar-refractivity contribution is -0.161. The molecule has 0 heterocycles. The average Bonchev–Trinajstić information content (AvgIpc) is 3.41. The van der Waals surface area contributed by atoms with E-state index in [9.17, 15) is 28.9 Å². The molecule has 0 aliphatic carbocycles. The molecule has 0 amide bonds. The van der Waals surface area contributed by atoms with Crippen molar-refractivity contribution in [3.63, 3.8) is 0 Å². The number of hydrogen-bond donors (Lipinski definition) is 2. The number of unbranched alkanes of at least 4 members (excludes halogenated alkanes) is 19. The Hall–Kier alpha value is -3.86. The van der Waals surface area contributed by atoms with Gasteiger partial charge in [0.05, 0.1) is 19.8 Å². The number of aliphatic hydroxyl groups is 1. The Labute approximate surface area is 463 Å². The van der Waals surface area contributed by atoms with Crippen molar-refractivity contribution in [2.24, 2.45) is 0 Å². The van der Waals surface area contributed by atoms with Gasteiger partial charge in [0.25, 0.3) is 0 Å². The standard InChI is InChI=1S/C64H107O11P/c1-4-7-10-13-16-19-22-25-28-30-33-35-38-41-44-47-50-53-62(66)71-57-61(75-64(68)55-52-49-46-43-40-37-34-31-29-26-23-20-17-14-11-8-5-2)59-73-76(69,70)72-58-60(56-65)74-63(67)54-51-48-45-42-39-36-32-27-24-21-18-15-12-9-6-3/h7,9-10,12,16-21,25-29,32-33,35,60-61,65H,4-6,8,11,13-15,22-24,30-31,34,36-59H2,1-3H3,(H,69,70)/b10-7-,12-9-,19-16-,20-17-,21-18-,28-25-,29-26-,32-27-,35-33-. The maximum Gasteiger partial charge on any atom is 0.472 e. The maximum absolute atomic E-state index is 12.9. The number of phosphoric acid groups is 1. The molecule has 0 saturated carbocycles. The molecular weight excluding hydrogens is 976 g/mol. The minimum Gasteiger partial charge on any atom is -0.462 e. The lowest BCUT2D eigenvalue weighted by Crippen LogP contribution is -2.30. The van der Waals surface area contributed by atoms with Gasteiger partial charge < -0.3 is 24.2 Å². The van der Waals surface area contributed by atoms with E-state index >= 15 is 0 Å². The predicted molar refractivity (Wildman–Crippen MR) is 316 cm³/mol. The molecule has 0 bridgehead atoms. The second kappa shape index (κ2) is 57.3. The zero-order chi connectivity index (χ0) is 55.5. The third-order valence-corrected chi connectivity index (χ3v) is 13.1. The number of hydrogen-bond acceptors (Lipinski definition) is 10. The van der Waals surface area contributed by atoms with Gasteiger partial charge in [-0.2, -0.15) is 0 Å². The van der Waals surface area contributed by atoms with Gasteiger partial charge in [-0.15, -0.1) is 0 Å². The van der Waals surface area contributed by atoms with E-state index in [2.05, 4.69) is 130 Å². The van der Waals surface area contributed by atoms with Crippen LogP contribution in [0, 0.1) is 0 Å². The largest absolute Gasteiger partial charge is 0.472 e. The van der Waals surface area contributed by atoms with Gasteiger partial charge in [0.1, 0.15) is 12.7 Å². The van der Waals surface area contributed by atoms with Crippen molar-refractivity contribution in [1.82, 2.24) is 0 Å². The Morgan fingerprint density at radius 3 is 1.05 bits per heavy atom. The molecule has 3 unspecified atom stereocenters. The van der Waals surface area contributed by atoms with Crippen molar-refractivity contribution in [3.05, 3.63) is 109 Å². The molecule has 0 aromatic heterocycles. The molecule has 0 saturated heterocycles. The predicted octanol–water partition coefficient (Wildman–Crippen LogP) is 17.8. The van der Waals surface area contributed by atoms with Crippen LogP contribution in [0.4, 0.5) is 0 Å². The monoisotopic (exact) mass is 1080 g/mol. The molecular formula is C64H107O11P. The summed E-state index contributed by atoms with van der Waals surface area (Å²) < 4.78 is 39.5. The summed E-state index contributed by atoms with van der Waals surface area (Å²) >= 11 is 0. The highest BCUT2D eigenvalue weighted by Crippen LogP contribution is 2.43. The summed E-state index contributed by atoms with van der Waals surface area (Å²) in [7, 11) is -4.77. The Morgan fingerprint density at radius 1 is 0.382 bits per heavy atom. The van der Waals surface area contributed by atoms with Crippen LogP contribution in [-0.2, 0) is 42.2 Å². The molecule has 3 atom stereocenters. The zero-order valence-electron chi connectivity index (χ0n) is 47.9. The van der Waals surface area contributed by atoms with Gasteiger partial charge in [-0.25, -0.2) is 4.57 Å². The van der Waals surface area contributed by atoms with E-state index in [0.29, 0.717) is 19.3 Å². The van der Waals surface area contributed by atoms with Gasteiger partial charge in [0.2, 0.25) is 0 Å². The van der Waals surface area contributed by atoms with E-state index < -0.39 is 57.8 Å². The Balaban J connectivity index is 4.80. The number of carbonyl (C=O) groups is 3. The molecule has 434 valence electrons. The van der Waals surface area contributed by atoms with Gasteiger partial charge in [-0.05, 0) is 122 Å². The van der Waals surface area contributed by atoms with E-state index in [-0.39, 0.29) is 25.9 Å². The molecule has 0 spiro atoms. The summed E-state index contributed by atoms with van der Waals surface area (Å²) in [6.45, 7) is 4.34. The number of rotatable bonds is 54. The summed E-state index contributed by atoms with van der Waals surface area (Å²) in [4.78, 5) is 48.6. The second-order valence-corrected chi connectivity index (χ2v) is 20.8. The van der Waals surface area contributed by atoms with E-state index in [1.54, 1.807) is 0 Å². The van der Waals surface area contributed by atoms with Crippen LogP contribution < -0.4 is 0 Å². The summed E-state index contributed by atoms with van der Waals surface area (Å²) in [6, 6.07) is 0.